The molecule has 0 spiro atoms. The summed E-state index contributed by atoms with van der Waals surface area (Å²) in [5.74, 6) is 0.569. The van der Waals surface area contributed by atoms with Gasteiger partial charge in [-0.3, -0.25) is 0 Å². The topological polar surface area (TPSA) is 124 Å². The summed E-state index contributed by atoms with van der Waals surface area (Å²) < 4.78 is 31.3. The first kappa shape index (κ1) is 54.4. The SMILES string of the molecule is C=CC(=O)OCCOc1ccccc1-c1ccccc1.C=CC(=O)OCc1cccc(Oc2ccccc2)c1.C=CC(=O)OCc1cccc2ccccc12.C=CC(=O)OCc1ccccc1-c1ccccc1. The summed E-state index contributed by atoms with van der Waals surface area (Å²) in [6.45, 7) is 14.7. The van der Waals surface area contributed by atoms with Crippen molar-refractivity contribution in [2.75, 3.05) is 13.2 Å². The molecule has 0 fully saturated rings. The van der Waals surface area contributed by atoms with Gasteiger partial charge >= 0.3 is 23.9 Å². The van der Waals surface area contributed by atoms with Gasteiger partial charge in [0.1, 0.15) is 50.3 Å². The van der Waals surface area contributed by atoms with E-state index >= 15 is 0 Å². The highest BCUT2D eigenvalue weighted by atomic mass is 16.6. The van der Waals surface area contributed by atoms with E-state index in [1.54, 1.807) is 0 Å². The maximum absolute atomic E-state index is 11.1. The molecule has 0 saturated carbocycles. The zero-order valence-corrected chi connectivity index (χ0v) is 40.4. The van der Waals surface area contributed by atoms with Gasteiger partial charge in [-0.2, -0.15) is 0 Å². The van der Waals surface area contributed by atoms with E-state index in [4.69, 9.17) is 28.4 Å². The second kappa shape index (κ2) is 30.8. The second-order valence-electron chi connectivity index (χ2n) is 15.2. The maximum atomic E-state index is 11.1. The Hall–Kier alpha value is -9.54. The maximum Gasteiger partial charge on any atom is 0.330 e. The van der Waals surface area contributed by atoms with Crippen molar-refractivity contribution < 1.29 is 47.6 Å². The Kier molecular flexibility index (Phi) is 23.0. The molecule has 0 aliphatic heterocycles. The molecule has 73 heavy (non-hydrogen) atoms. The highest BCUT2D eigenvalue weighted by Crippen LogP contribution is 2.30. The molecule has 8 aromatic carbocycles. The zero-order valence-electron chi connectivity index (χ0n) is 40.4. The van der Waals surface area contributed by atoms with Crippen LogP contribution in [0, 0.1) is 0 Å². The molecule has 8 rings (SSSR count). The van der Waals surface area contributed by atoms with Gasteiger partial charge in [-0.1, -0.05) is 202 Å². The Bertz CT molecular complexity index is 3030. The van der Waals surface area contributed by atoms with Crippen LogP contribution in [0.2, 0.25) is 0 Å². The van der Waals surface area contributed by atoms with Gasteiger partial charge < -0.3 is 28.4 Å². The number of carbonyl (C=O) groups excluding carboxylic acids is 4. The minimum absolute atomic E-state index is 0.202. The Balaban J connectivity index is 0.000000181. The number of carbonyl (C=O) groups is 4. The van der Waals surface area contributed by atoms with Crippen LogP contribution in [-0.4, -0.2) is 37.1 Å². The first-order valence-electron chi connectivity index (χ1n) is 23.1. The number of esters is 4. The van der Waals surface area contributed by atoms with Gasteiger partial charge in [-0.05, 0) is 74.5 Å². The number of para-hydroxylation sites is 2. The highest BCUT2D eigenvalue weighted by molar-refractivity contribution is 5.86. The lowest BCUT2D eigenvalue weighted by molar-refractivity contribution is -0.139. The average Bonchev–Trinajstić information content (AvgIpc) is 3.45. The van der Waals surface area contributed by atoms with Crippen molar-refractivity contribution in [1.82, 2.24) is 0 Å². The molecule has 0 aliphatic carbocycles. The molecule has 0 amide bonds. The van der Waals surface area contributed by atoms with E-state index < -0.39 is 23.9 Å². The van der Waals surface area contributed by atoms with Gasteiger partial charge in [0.25, 0.3) is 0 Å². The lowest BCUT2D eigenvalue weighted by Gasteiger charge is -2.11. The largest absolute Gasteiger partial charge is 0.489 e. The van der Waals surface area contributed by atoms with Gasteiger partial charge in [0, 0.05) is 29.9 Å². The molecule has 10 heteroatoms. The van der Waals surface area contributed by atoms with E-state index in [1.807, 2.05) is 206 Å². The lowest BCUT2D eigenvalue weighted by Crippen LogP contribution is -2.10. The van der Waals surface area contributed by atoms with E-state index in [1.165, 1.54) is 12.2 Å². The minimum Gasteiger partial charge on any atom is -0.489 e. The van der Waals surface area contributed by atoms with Crippen LogP contribution < -0.4 is 9.47 Å². The predicted molar refractivity (Wildman–Crippen MR) is 287 cm³/mol. The quantitative estimate of drug-likeness (QED) is 0.0355. The van der Waals surface area contributed by atoms with Crippen LogP contribution in [0.4, 0.5) is 0 Å². The summed E-state index contributed by atoms with van der Waals surface area (Å²) >= 11 is 0. The third kappa shape index (κ3) is 19.1. The molecule has 0 heterocycles. The van der Waals surface area contributed by atoms with Crippen molar-refractivity contribution in [3.8, 4) is 39.5 Å². The van der Waals surface area contributed by atoms with Crippen molar-refractivity contribution in [2.45, 2.75) is 19.8 Å². The summed E-state index contributed by atoms with van der Waals surface area (Å²) in [4.78, 5) is 44.0. The molecule has 0 radical (unpaired) electrons. The Morgan fingerprint density at radius 2 is 0.836 bits per heavy atom. The molecule has 0 N–H and O–H groups in total. The third-order valence-corrected chi connectivity index (χ3v) is 10.2. The van der Waals surface area contributed by atoms with Crippen molar-refractivity contribution in [1.29, 1.82) is 0 Å². The molecule has 0 aromatic heterocycles. The van der Waals surface area contributed by atoms with Gasteiger partial charge in [0.05, 0.1) is 0 Å². The van der Waals surface area contributed by atoms with Gasteiger partial charge in [-0.25, -0.2) is 19.2 Å². The van der Waals surface area contributed by atoms with Crippen molar-refractivity contribution in [2.24, 2.45) is 0 Å². The fourth-order valence-electron chi connectivity index (χ4n) is 6.72. The molecule has 368 valence electrons. The fraction of sp³-hybridized carbons (Fsp3) is 0.0794. The fourth-order valence-corrected chi connectivity index (χ4v) is 6.72. The summed E-state index contributed by atoms with van der Waals surface area (Å²) in [7, 11) is 0. The third-order valence-electron chi connectivity index (χ3n) is 10.2. The van der Waals surface area contributed by atoms with Crippen molar-refractivity contribution >= 4 is 34.6 Å². The molecule has 10 nitrogen and oxygen atoms in total. The first-order valence-corrected chi connectivity index (χ1v) is 23.1. The van der Waals surface area contributed by atoms with Gasteiger partial charge in [0.15, 0.2) is 0 Å². The van der Waals surface area contributed by atoms with Crippen LogP contribution in [0.3, 0.4) is 0 Å². The van der Waals surface area contributed by atoms with Gasteiger partial charge in [-0.15, -0.1) is 0 Å². The number of fused-ring (bicyclic) bond motifs is 1. The molecule has 8 aromatic rings. The summed E-state index contributed by atoms with van der Waals surface area (Å²) in [5.41, 5.74) is 7.16. The molecular formula is C63H56O10. The summed E-state index contributed by atoms with van der Waals surface area (Å²) in [5, 5.41) is 2.26. The molecule has 0 atom stereocenters. The van der Waals surface area contributed by atoms with Crippen LogP contribution in [0.5, 0.6) is 17.2 Å². The normalized spacial score (nSPS) is 9.81. The zero-order chi connectivity index (χ0) is 51.9. The van der Waals surface area contributed by atoms with Crippen LogP contribution >= 0.6 is 0 Å². The molecule has 0 saturated heterocycles. The van der Waals surface area contributed by atoms with Crippen LogP contribution in [0.1, 0.15) is 16.7 Å². The van der Waals surface area contributed by atoms with E-state index in [0.717, 1.165) is 73.4 Å². The van der Waals surface area contributed by atoms with Crippen LogP contribution in [0.15, 0.2) is 257 Å². The number of hydrogen-bond donors (Lipinski definition) is 0. The number of benzene rings is 8. The van der Waals surface area contributed by atoms with Gasteiger partial charge in [0.2, 0.25) is 0 Å². The van der Waals surface area contributed by atoms with E-state index in [-0.39, 0.29) is 26.4 Å². The standard InChI is InChI=1S/C17H16O3.C16H14O3.C16H14O2.C14H12O2/c1-2-17(18)20-13-12-19-16-11-7-6-10-15(16)14-8-4-3-5-9-14;1-2-16(17)18-12-13-7-6-10-15(11-13)19-14-8-4-3-5-9-14;1-2-16(17)18-12-14-10-6-7-11-15(14)13-8-4-3-5-9-13;1-2-14(15)16-10-12-8-5-7-11-6-3-4-9-13(11)12/h2-11H,1,12-13H2;2-11H,1,12H2;2-11H,1,12H2;2-9H,1,10H2. The lowest BCUT2D eigenvalue weighted by atomic mass is 10.0. The molecule has 0 bridgehead atoms. The molecular weight excluding hydrogens is 917 g/mol. The smallest absolute Gasteiger partial charge is 0.330 e. The number of ether oxygens (including phenoxy) is 6. The first-order chi connectivity index (χ1) is 35.7. The Labute approximate surface area is 426 Å². The number of hydrogen-bond acceptors (Lipinski definition) is 10. The molecule has 0 unspecified atom stereocenters. The van der Waals surface area contributed by atoms with Crippen molar-refractivity contribution in [3.05, 3.63) is 274 Å². The molecule has 0 aliphatic rings. The number of rotatable bonds is 18. The highest BCUT2D eigenvalue weighted by Gasteiger charge is 2.08. The van der Waals surface area contributed by atoms with E-state index in [2.05, 4.69) is 26.3 Å². The van der Waals surface area contributed by atoms with Crippen LogP contribution in [-0.2, 0) is 57.9 Å². The minimum atomic E-state index is -0.440. The Morgan fingerprint density at radius 3 is 1.48 bits per heavy atom. The van der Waals surface area contributed by atoms with Crippen molar-refractivity contribution in [3.63, 3.8) is 0 Å². The van der Waals surface area contributed by atoms with E-state index in [9.17, 15) is 19.2 Å². The summed E-state index contributed by atoms with van der Waals surface area (Å²) in [6.07, 6.45) is 4.62. The average molecular weight is 973 g/mol. The Morgan fingerprint density at radius 1 is 0.384 bits per heavy atom. The summed E-state index contributed by atoms with van der Waals surface area (Å²) in [6, 6.07) is 66.6. The monoisotopic (exact) mass is 972 g/mol. The predicted octanol–water partition coefficient (Wildman–Crippen LogP) is 13.8. The second-order valence-corrected chi connectivity index (χ2v) is 15.2. The van der Waals surface area contributed by atoms with E-state index in [0.29, 0.717) is 12.4 Å². The van der Waals surface area contributed by atoms with Crippen LogP contribution in [0.25, 0.3) is 33.0 Å².